The summed E-state index contributed by atoms with van der Waals surface area (Å²) >= 11 is 0. The summed E-state index contributed by atoms with van der Waals surface area (Å²) in [6.45, 7) is 11.2. The van der Waals surface area contributed by atoms with Crippen LogP contribution in [0.4, 0.5) is 22.7 Å². The van der Waals surface area contributed by atoms with Crippen LogP contribution >= 0.6 is 0 Å². The highest BCUT2D eigenvalue weighted by atomic mass is 16.5. The maximum absolute atomic E-state index is 11.3. The Labute approximate surface area is 397 Å². The van der Waals surface area contributed by atoms with Gasteiger partial charge in [-0.2, -0.15) is 0 Å². The van der Waals surface area contributed by atoms with Crippen LogP contribution in [0, 0.1) is 0 Å². The fourth-order valence-corrected chi connectivity index (χ4v) is 7.87. The molecule has 0 spiro atoms. The van der Waals surface area contributed by atoms with Gasteiger partial charge < -0.3 is 59.1 Å². The van der Waals surface area contributed by atoms with Crippen LogP contribution < -0.4 is 39.4 Å². The minimum absolute atomic E-state index is 0.324. The lowest BCUT2D eigenvalue weighted by Gasteiger charge is -2.32. The summed E-state index contributed by atoms with van der Waals surface area (Å²) in [5.41, 5.74) is 5.83. The Morgan fingerprint density at radius 1 is 0.500 bits per heavy atom. The molecule has 0 bridgehead atoms. The van der Waals surface area contributed by atoms with Gasteiger partial charge in [0.2, 0.25) is 0 Å². The van der Waals surface area contributed by atoms with E-state index in [0.717, 1.165) is 94.6 Å². The highest BCUT2D eigenvalue weighted by Crippen LogP contribution is 2.47. The Hall–Kier alpha value is -7.10. The molecule has 3 aliphatic heterocycles. The SMILES string of the molecule is C1CNCCN1.CCOC(Cc1ccc(OCCN2c3ccccc3Oc3ccccc32)cc1)C(=O)O.CCOC(Cc1ccc(OCCN2c3ccccc3Oc3ccccc32)cc1)C(=O)O. The van der Waals surface area contributed by atoms with Gasteiger partial charge in [0.1, 0.15) is 24.7 Å². The molecule has 0 saturated carbocycles. The van der Waals surface area contributed by atoms with Crippen LogP contribution in [0.25, 0.3) is 0 Å². The Kier molecular flexibility index (Phi) is 18.1. The number of aliphatic carboxylic acids is 2. The molecule has 0 amide bonds. The number of fused-ring (bicyclic) bond motifs is 4. The number of anilines is 4. The van der Waals surface area contributed by atoms with Crippen LogP contribution in [0.3, 0.4) is 0 Å². The van der Waals surface area contributed by atoms with Crippen LogP contribution in [-0.4, -0.2) is 100 Å². The molecule has 3 aliphatic rings. The van der Waals surface area contributed by atoms with Gasteiger partial charge in [0.15, 0.2) is 35.2 Å². The molecular formula is C54H60N4O10. The molecule has 14 nitrogen and oxygen atoms in total. The minimum Gasteiger partial charge on any atom is -0.492 e. The molecule has 3 heterocycles. The second kappa shape index (κ2) is 25.1. The number of benzene rings is 6. The van der Waals surface area contributed by atoms with Crippen molar-refractivity contribution in [2.75, 3.05) is 75.5 Å². The molecule has 0 aliphatic carbocycles. The van der Waals surface area contributed by atoms with E-state index in [-0.39, 0.29) is 0 Å². The van der Waals surface area contributed by atoms with Gasteiger partial charge in [-0.25, -0.2) is 9.59 Å². The fraction of sp³-hybridized carbons (Fsp3) is 0.296. The van der Waals surface area contributed by atoms with Crippen LogP contribution in [0.15, 0.2) is 146 Å². The number of hydrogen-bond donors (Lipinski definition) is 4. The standard InChI is InChI=1S/2C25H25NO5.C4H10N2/c2*1-2-29-24(25(27)28)17-18-11-13-19(14-12-18)30-16-15-26-20-7-3-5-9-22(20)31-23-10-6-4-8-21(23)26;1-2-6-4-3-5-1/h2*3-14,24H,2,15-17H2,1H3,(H,27,28);5-6H,1-4H2. The number of nitrogens with one attached hydrogen (secondary N) is 2. The molecule has 6 aromatic rings. The molecule has 0 radical (unpaired) electrons. The number of hydrogen-bond acceptors (Lipinski definition) is 12. The summed E-state index contributed by atoms with van der Waals surface area (Å²) in [6.07, 6.45) is -1.02. The van der Waals surface area contributed by atoms with E-state index in [1.165, 1.54) is 0 Å². The Balaban J connectivity index is 0.000000179. The second-order valence-corrected chi connectivity index (χ2v) is 15.8. The van der Waals surface area contributed by atoms with E-state index in [4.69, 9.17) is 28.4 Å². The molecule has 356 valence electrons. The first-order valence-electron chi connectivity index (χ1n) is 23.1. The molecule has 68 heavy (non-hydrogen) atoms. The largest absolute Gasteiger partial charge is 0.492 e. The van der Waals surface area contributed by atoms with Crippen molar-refractivity contribution >= 4 is 34.7 Å². The van der Waals surface area contributed by atoms with Gasteiger partial charge >= 0.3 is 11.9 Å². The van der Waals surface area contributed by atoms with E-state index < -0.39 is 24.1 Å². The maximum Gasteiger partial charge on any atom is 0.333 e. The van der Waals surface area contributed by atoms with E-state index in [1.54, 1.807) is 13.8 Å². The molecule has 2 atom stereocenters. The third kappa shape index (κ3) is 13.5. The number of rotatable bonds is 18. The highest BCUT2D eigenvalue weighted by molar-refractivity contribution is 5.79. The summed E-state index contributed by atoms with van der Waals surface area (Å²) in [5, 5.41) is 24.9. The van der Waals surface area contributed by atoms with Crippen molar-refractivity contribution in [3.8, 4) is 34.5 Å². The number of ether oxygens (including phenoxy) is 6. The monoisotopic (exact) mass is 924 g/mol. The first-order valence-corrected chi connectivity index (χ1v) is 23.1. The number of nitrogens with zero attached hydrogens (tertiary/aromatic N) is 2. The average Bonchev–Trinajstić information content (AvgIpc) is 3.37. The van der Waals surface area contributed by atoms with Gasteiger partial charge in [0, 0.05) is 52.2 Å². The number of carboxylic acids is 2. The molecule has 2 unspecified atom stereocenters. The molecular weight excluding hydrogens is 865 g/mol. The topological polar surface area (TPSA) is 161 Å². The molecule has 1 saturated heterocycles. The summed E-state index contributed by atoms with van der Waals surface area (Å²) in [5.74, 6) is 2.88. The fourth-order valence-electron chi connectivity index (χ4n) is 7.87. The molecule has 9 rings (SSSR count). The predicted molar refractivity (Wildman–Crippen MR) is 263 cm³/mol. The molecule has 1 fully saturated rings. The number of para-hydroxylation sites is 8. The van der Waals surface area contributed by atoms with Gasteiger partial charge in [0.05, 0.1) is 35.8 Å². The van der Waals surface area contributed by atoms with Crippen LogP contribution in [0.2, 0.25) is 0 Å². The predicted octanol–water partition coefficient (Wildman–Crippen LogP) is 9.26. The summed E-state index contributed by atoms with van der Waals surface area (Å²) in [4.78, 5) is 26.9. The zero-order valence-electron chi connectivity index (χ0n) is 38.6. The zero-order valence-corrected chi connectivity index (χ0v) is 38.6. The Bertz CT molecular complexity index is 2250. The van der Waals surface area contributed by atoms with Gasteiger partial charge in [-0.1, -0.05) is 72.8 Å². The van der Waals surface area contributed by atoms with Crippen molar-refractivity contribution < 1.29 is 48.2 Å². The van der Waals surface area contributed by atoms with Gasteiger partial charge in [-0.15, -0.1) is 0 Å². The molecule has 4 N–H and O–H groups in total. The number of carboxylic acid groups (broad SMARTS) is 2. The van der Waals surface area contributed by atoms with Crippen molar-refractivity contribution in [1.82, 2.24) is 10.6 Å². The second-order valence-electron chi connectivity index (χ2n) is 15.8. The number of carbonyl (C=O) groups is 2. The van der Waals surface area contributed by atoms with Crippen molar-refractivity contribution in [2.24, 2.45) is 0 Å². The Morgan fingerprint density at radius 3 is 1.09 bits per heavy atom. The van der Waals surface area contributed by atoms with E-state index in [1.807, 2.05) is 146 Å². The average molecular weight is 925 g/mol. The van der Waals surface area contributed by atoms with Crippen molar-refractivity contribution in [3.05, 3.63) is 157 Å². The van der Waals surface area contributed by atoms with Gasteiger partial charge in [0.25, 0.3) is 0 Å². The van der Waals surface area contributed by atoms with Crippen LogP contribution in [-0.2, 0) is 31.9 Å². The molecule has 0 aromatic heterocycles. The number of piperazine rings is 1. The van der Waals surface area contributed by atoms with Crippen molar-refractivity contribution in [3.63, 3.8) is 0 Å². The summed E-state index contributed by atoms with van der Waals surface area (Å²) in [6, 6.07) is 46.8. The van der Waals surface area contributed by atoms with E-state index >= 15 is 0 Å². The van der Waals surface area contributed by atoms with E-state index in [2.05, 4.69) is 20.4 Å². The third-order valence-electron chi connectivity index (χ3n) is 11.2. The van der Waals surface area contributed by atoms with Crippen LogP contribution in [0.5, 0.6) is 34.5 Å². The quantitative estimate of drug-likeness (QED) is 0.0646. The van der Waals surface area contributed by atoms with E-state index in [0.29, 0.717) is 52.4 Å². The third-order valence-corrected chi connectivity index (χ3v) is 11.2. The van der Waals surface area contributed by atoms with Gasteiger partial charge in [-0.3, -0.25) is 0 Å². The minimum atomic E-state index is -0.951. The van der Waals surface area contributed by atoms with Crippen LogP contribution in [0.1, 0.15) is 25.0 Å². The Morgan fingerprint density at radius 2 is 0.809 bits per heavy atom. The normalized spacial score (nSPS) is 14.0. The summed E-state index contributed by atoms with van der Waals surface area (Å²) < 4.78 is 34.5. The molecule has 6 aromatic carbocycles. The maximum atomic E-state index is 11.3. The first-order chi connectivity index (χ1) is 33.3. The van der Waals surface area contributed by atoms with Crippen molar-refractivity contribution in [2.45, 2.75) is 38.9 Å². The van der Waals surface area contributed by atoms with Crippen molar-refractivity contribution in [1.29, 1.82) is 0 Å². The summed E-state index contributed by atoms with van der Waals surface area (Å²) in [7, 11) is 0. The lowest BCUT2D eigenvalue weighted by Crippen LogP contribution is -2.39. The lowest BCUT2D eigenvalue weighted by atomic mass is 10.1. The first kappa shape index (κ1) is 48.8. The zero-order chi connectivity index (χ0) is 47.5. The van der Waals surface area contributed by atoms with E-state index in [9.17, 15) is 19.8 Å². The van der Waals surface area contributed by atoms with Gasteiger partial charge in [-0.05, 0) is 97.8 Å². The highest BCUT2D eigenvalue weighted by Gasteiger charge is 2.25. The molecule has 14 heteroatoms. The smallest absolute Gasteiger partial charge is 0.333 e. The lowest BCUT2D eigenvalue weighted by molar-refractivity contribution is -0.150.